The zero-order valence-electron chi connectivity index (χ0n) is 13.7. The van der Waals surface area contributed by atoms with Crippen LogP contribution >= 0.6 is 0 Å². The van der Waals surface area contributed by atoms with Gasteiger partial charge in [0.05, 0.1) is 11.7 Å². The van der Waals surface area contributed by atoms with Gasteiger partial charge in [0.25, 0.3) is 0 Å². The Hall–Kier alpha value is -2.34. The lowest BCUT2D eigenvalue weighted by Gasteiger charge is -2.31. The highest BCUT2D eigenvalue weighted by atomic mass is 19.1. The van der Waals surface area contributed by atoms with Crippen molar-refractivity contribution in [1.82, 2.24) is 20.2 Å². The summed E-state index contributed by atoms with van der Waals surface area (Å²) in [6, 6.07) is 6.15. The molecule has 1 unspecified atom stereocenters. The zero-order chi connectivity index (χ0) is 16.9. The summed E-state index contributed by atoms with van der Waals surface area (Å²) in [6.45, 7) is 3.96. The first-order valence-corrected chi connectivity index (χ1v) is 8.17. The number of rotatable bonds is 5. The van der Waals surface area contributed by atoms with E-state index in [-0.39, 0.29) is 17.8 Å². The molecule has 2 heterocycles. The van der Waals surface area contributed by atoms with Crippen LogP contribution in [0, 0.1) is 5.82 Å². The van der Waals surface area contributed by atoms with Crippen LogP contribution in [0.4, 0.5) is 4.39 Å². The highest BCUT2D eigenvalue weighted by Gasteiger charge is 2.25. The minimum absolute atomic E-state index is 0.00891. The standard InChI is InChI=1S/C18H21FN4O/c1-13(23-9-7-15-10-20-12-22-17(15)11-23)18(24)21-8-6-14-2-4-16(19)5-3-14/h2-5,10,12-13H,6-9,11H2,1H3,(H,21,24). The van der Waals surface area contributed by atoms with Crippen molar-refractivity contribution in [1.29, 1.82) is 0 Å². The van der Waals surface area contributed by atoms with Gasteiger partial charge < -0.3 is 5.32 Å². The average molecular weight is 328 g/mol. The molecule has 0 fully saturated rings. The van der Waals surface area contributed by atoms with Crippen LogP contribution in [-0.2, 0) is 24.2 Å². The molecule has 0 bridgehead atoms. The SMILES string of the molecule is CC(C(=O)NCCc1ccc(F)cc1)N1CCc2cncnc2C1. The summed E-state index contributed by atoms with van der Waals surface area (Å²) in [7, 11) is 0. The first-order chi connectivity index (χ1) is 11.6. The normalized spacial score (nSPS) is 15.6. The summed E-state index contributed by atoms with van der Waals surface area (Å²) < 4.78 is 12.9. The second-order valence-electron chi connectivity index (χ2n) is 6.06. The van der Waals surface area contributed by atoms with Crippen LogP contribution in [0.15, 0.2) is 36.8 Å². The molecule has 1 N–H and O–H groups in total. The van der Waals surface area contributed by atoms with Gasteiger partial charge in [0, 0.05) is 25.8 Å². The summed E-state index contributed by atoms with van der Waals surface area (Å²) in [5.74, 6) is -0.236. The van der Waals surface area contributed by atoms with Gasteiger partial charge in [-0.2, -0.15) is 0 Å². The monoisotopic (exact) mass is 328 g/mol. The molecule has 6 heteroatoms. The number of halogens is 1. The molecule has 126 valence electrons. The van der Waals surface area contributed by atoms with E-state index in [1.165, 1.54) is 12.1 Å². The Bertz CT molecular complexity index is 704. The van der Waals surface area contributed by atoms with E-state index >= 15 is 0 Å². The van der Waals surface area contributed by atoms with E-state index in [1.807, 2.05) is 13.1 Å². The van der Waals surface area contributed by atoms with Crippen molar-refractivity contribution in [2.75, 3.05) is 13.1 Å². The van der Waals surface area contributed by atoms with Gasteiger partial charge in [-0.05, 0) is 43.0 Å². The molecule has 2 aromatic rings. The number of fused-ring (bicyclic) bond motifs is 1. The second-order valence-corrected chi connectivity index (χ2v) is 6.06. The summed E-state index contributed by atoms with van der Waals surface area (Å²) in [5.41, 5.74) is 3.17. The van der Waals surface area contributed by atoms with E-state index < -0.39 is 0 Å². The van der Waals surface area contributed by atoms with Crippen molar-refractivity contribution in [3.63, 3.8) is 0 Å². The summed E-state index contributed by atoms with van der Waals surface area (Å²) in [6.07, 6.45) is 4.96. The van der Waals surface area contributed by atoms with E-state index in [0.717, 1.165) is 29.8 Å². The average Bonchev–Trinajstić information content (AvgIpc) is 2.62. The fourth-order valence-corrected chi connectivity index (χ4v) is 2.90. The molecule has 1 atom stereocenters. The Morgan fingerprint density at radius 2 is 2.17 bits per heavy atom. The van der Waals surface area contributed by atoms with Gasteiger partial charge >= 0.3 is 0 Å². The molecule has 3 rings (SSSR count). The number of nitrogens with zero attached hydrogens (tertiary/aromatic N) is 3. The molecule has 0 radical (unpaired) electrons. The maximum atomic E-state index is 12.9. The third kappa shape index (κ3) is 3.94. The maximum absolute atomic E-state index is 12.9. The van der Waals surface area contributed by atoms with Crippen LogP contribution in [0.25, 0.3) is 0 Å². The van der Waals surface area contributed by atoms with Crippen molar-refractivity contribution in [2.45, 2.75) is 32.4 Å². The number of aromatic nitrogens is 2. The Morgan fingerprint density at radius 3 is 2.96 bits per heavy atom. The van der Waals surface area contributed by atoms with Crippen molar-refractivity contribution in [3.8, 4) is 0 Å². The summed E-state index contributed by atoms with van der Waals surface area (Å²) in [4.78, 5) is 22.8. The number of carbonyl (C=O) groups is 1. The minimum Gasteiger partial charge on any atom is -0.354 e. The minimum atomic E-state index is -0.245. The van der Waals surface area contributed by atoms with Crippen molar-refractivity contribution in [2.24, 2.45) is 0 Å². The third-order valence-corrected chi connectivity index (χ3v) is 4.46. The van der Waals surface area contributed by atoms with Crippen molar-refractivity contribution in [3.05, 3.63) is 59.4 Å². The number of amides is 1. The Labute approximate surface area is 140 Å². The van der Waals surface area contributed by atoms with Gasteiger partial charge in [-0.1, -0.05) is 12.1 Å². The van der Waals surface area contributed by atoms with Crippen molar-refractivity contribution >= 4 is 5.91 Å². The van der Waals surface area contributed by atoms with Gasteiger partial charge in [-0.15, -0.1) is 0 Å². The first-order valence-electron chi connectivity index (χ1n) is 8.17. The molecule has 1 aromatic carbocycles. The van der Waals surface area contributed by atoms with Gasteiger partial charge in [0.15, 0.2) is 0 Å². The molecule has 24 heavy (non-hydrogen) atoms. The number of hydrogen-bond acceptors (Lipinski definition) is 4. The fraction of sp³-hybridized carbons (Fsp3) is 0.389. The molecular formula is C18H21FN4O. The number of hydrogen-bond donors (Lipinski definition) is 1. The van der Waals surface area contributed by atoms with Crippen molar-refractivity contribution < 1.29 is 9.18 Å². The molecule has 5 nitrogen and oxygen atoms in total. The van der Waals surface area contributed by atoms with Gasteiger partial charge in [-0.25, -0.2) is 14.4 Å². The zero-order valence-corrected chi connectivity index (χ0v) is 13.7. The number of nitrogens with one attached hydrogen (secondary N) is 1. The molecule has 0 saturated carbocycles. The quantitative estimate of drug-likeness (QED) is 0.908. The molecule has 0 spiro atoms. The van der Waals surface area contributed by atoms with E-state index in [4.69, 9.17) is 0 Å². The molecular weight excluding hydrogens is 307 g/mol. The van der Waals surface area contributed by atoms with E-state index in [9.17, 15) is 9.18 Å². The molecule has 1 aromatic heterocycles. The summed E-state index contributed by atoms with van der Waals surface area (Å²) >= 11 is 0. The highest BCUT2D eigenvalue weighted by Crippen LogP contribution is 2.17. The number of benzene rings is 1. The van der Waals surface area contributed by atoms with Crippen LogP contribution in [0.5, 0.6) is 0 Å². The third-order valence-electron chi connectivity index (χ3n) is 4.46. The molecule has 0 saturated heterocycles. The largest absolute Gasteiger partial charge is 0.354 e. The Balaban J connectivity index is 1.49. The molecule has 1 aliphatic heterocycles. The maximum Gasteiger partial charge on any atom is 0.237 e. The highest BCUT2D eigenvalue weighted by molar-refractivity contribution is 5.81. The van der Waals surface area contributed by atoms with E-state index in [0.29, 0.717) is 19.5 Å². The lowest BCUT2D eigenvalue weighted by atomic mass is 10.1. The lowest BCUT2D eigenvalue weighted by molar-refractivity contribution is -0.126. The first kappa shape index (κ1) is 16.5. The lowest BCUT2D eigenvalue weighted by Crippen LogP contribution is -2.47. The smallest absolute Gasteiger partial charge is 0.237 e. The number of carbonyl (C=O) groups excluding carboxylic acids is 1. The second kappa shape index (κ2) is 7.49. The van der Waals surface area contributed by atoms with Gasteiger partial charge in [0.1, 0.15) is 12.1 Å². The molecule has 0 aliphatic carbocycles. The van der Waals surface area contributed by atoms with Crippen LogP contribution in [-0.4, -0.2) is 39.9 Å². The van der Waals surface area contributed by atoms with Gasteiger partial charge in [-0.3, -0.25) is 9.69 Å². The summed E-state index contributed by atoms with van der Waals surface area (Å²) in [5, 5.41) is 2.96. The van der Waals surface area contributed by atoms with Crippen LogP contribution < -0.4 is 5.32 Å². The Morgan fingerprint density at radius 1 is 1.38 bits per heavy atom. The topological polar surface area (TPSA) is 58.1 Å². The van der Waals surface area contributed by atoms with Crippen LogP contribution in [0.2, 0.25) is 0 Å². The fourth-order valence-electron chi connectivity index (χ4n) is 2.90. The Kier molecular flexibility index (Phi) is 5.15. The van der Waals surface area contributed by atoms with Gasteiger partial charge in [0.2, 0.25) is 5.91 Å². The van der Waals surface area contributed by atoms with Crippen LogP contribution in [0.3, 0.4) is 0 Å². The molecule has 1 amide bonds. The molecule has 1 aliphatic rings. The van der Waals surface area contributed by atoms with E-state index in [2.05, 4.69) is 20.2 Å². The predicted octanol–water partition coefficient (Wildman–Crippen LogP) is 1.72. The van der Waals surface area contributed by atoms with E-state index in [1.54, 1.807) is 18.5 Å². The predicted molar refractivity (Wildman–Crippen MR) is 88.7 cm³/mol. The van der Waals surface area contributed by atoms with Crippen LogP contribution in [0.1, 0.15) is 23.7 Å².